The van der Waals surface area contributed by atoms with Crippen LogP contribution in [0.2, 0.25) is 0 Å². The molecule has 0 aromatic rings. The molecule has 1 heterocycles. The van der Waals surface area contributed by atoms with Crippen LogP contribution in [0.25, 0.3) is 0 Å². The smallest absolute Gasteiger partial charge is 0.308 e. The number of likely N-dealkylation sites (tertiary alicyclic amines) is 1. The molecule has 4 unspecified atom stereocenters. The molecule has 102 valence electrons. The van der Waals surface area contributed by atoms with Gasteiger partial charge in [-0.15, -0.1) is 0 Å². The molecule has 2 saturated carbocycles. The van der Waals surface area contributed by atoms with Crippen LogP contribution < -0.4 is 0 Å². The maximum absolute atomic E-state index is 11.2. The van der Waals surface area contributed by atoms with Gasteiger partial charge < -0.3 is 5.11 Å². The zero-order valence-corrected chi connectivity index (χ0v) is 11.3. The summed E-state index contributed by atoms with van der Waals surface area (Å²) in [6, 6.07) is 0.677. The Morgan fingerprint density at radius 2 is 1.89 bits per heavy atom. The molecule has 3 nitrogen and oxygen atoms in total. The molecule has 0 bridgehead atoms. The number of aliphatic carboxylic acids is 1. The third-order valence-corrected chi connectivity index (χ3v) is 5.45. The van der Waals surface area contributed by atoms with Crippen molar-refractivity contribution in [2.45, 2.75) is 51.5 Å². The van der Waals surface area contributed by atoms with Crippen molar-refractivity contribution in [1.29, 1.82) is 0 Å². The summed E-state index contributed by atoms with van der Waals surface area (Å²) in [5.41, 5.74) is 0. The molecule has 1 aliphatic heterocycles. The van der Waals surface area contributed by atoms with Gasteiger partial charge in [-0.05, 0) is 43.4 Å². The number of hydrogen-bond donors (Lipinski definition) is 1. The second kappa shape index (κ2) is 4.84. The van der Waals surface area contributed by atoms with Crippen LogP contribution in [0.3, 0.4) is 0 Å². The lowest BCUT2D eigenvalue weighted by atomic mass is 9.82. The zero-order chi connectivity index (χ0) is 12.7. The van der Waals surface area contributed by atoms with Gasteiger partial charge in [-0.2, -0.15) is 0 Å². The van der Waals surface area contributed by atoms with E-state index in [2.05, 4.69) is 11.8 Å². The van der Waals surface area contributed by atoms with E-state index in [1.54, 1.807) is 0 Å². The molecule has 0 aromatic heterocycles. The van der Waals surface area contributed by atoms with Gasteiger partial charge in [0.25, 0.3) is 0 Å². The van der Waals surface area contributed by atoms with E-state index in [0.717, 1.165) is 24.9 Å². The third-order valence-electron chi connectivity index (χ3n) is 5.45. The quantitative estimate of drug-likeness (QED) is 0.838. The number of nitrogens with zero attached hydrogens (tertiary/aromatic N) is 1. The van der Waals surface area contributed by atoms with E-state index in [-0.39, 0.29) is 5.92 Å². The minimum Gasteiger partial charge on any atom is -0.481 e. The van der Waals surface area contributed by atoms with Crippen LogP contribution in [0.4, 0.5) is 0 Å². The summed E-state index contributed by atoms with van der Waals surface area (Å²) in [7, 11) is 0. The first kappa shape index (κ1) is 12.5. The van der Waals surface area contributed by atoms with Crippen molar-refractivity contribution in [3.63, 3.8) is 0 Å². The van der Waals surface area contributed by atoms with Crippen molar-refractivity contribution in [2.24, 2.45) is 23.7 Å². The Morgan fingerprint density at radius 1 is 1.11 bits per heavy atom. The Kier molecular flexibility index (Phi) is 3.35. The summed E-state index contributed by atoms with van der Waals surface area (Å²) < 4.78 is 0. The van der Waals surface area contributed by atoms with E-state index in [1.807, 2.05) is 0 Å². The average molecular weight is 251 g/mol. The molecule has 3 rings (SSSR count). The maximum Gasteiger partial charge on any atom is 0.308 e. The molecular weight excluding hydrogens is 226 g/mol. The lowest BCUT2D eigenvalue weighted by molar-refractivity contribution is -0.142. The minimum atomic E-state index is -0.598. The first-order valence-corrected chi connectivity index (χ1v) is 7.62. The number of carbonyl (C=O) groups is 1. The molecule has 0 spiro atoms. The number of carboxylic acids is 1. The van der Waals surface area contributed by atoms with Crippen molar-refractivity contribution in [1.82, 2.24) is 4.90 Å². The summed E-state index contributed by atoms with van der Waals surface area (Å²) in [4.78, 5) is 13.7. The highest BCUT2D eigenvalue weighted by molar-refractivity contribution is 5.71. The fourth-order valence-corrected chi connectivity index (χ4v) is 4.15. The second-order valence-electron chi connectivity index (χ2n) is 6.79. The molecule has 3 fully saturated rings. The summed E-state index contributed by atoms with van der Waals surface area (Å²) >= 11 is 0. The third kappa shape index (κ3) is 2.42. The lowest BCUT2D eigenvalue weighted by Gasteiger charge is -2.35. The van der Waals surface area contributed by atoms with E-state index >= 15 is 0 Å². The second-order valence-corrected chi connectivity index (χ2v) is 6.79. The van der Waals surface area contributed by atoms with Gasteiger partial charge in [0.1, 0.15) is 0 Å². The van der Waals surface area contributed by atoms with Gasteiger partial charge in [-0.1, -0.05) is 19.8 Å². The van der Waals surface area contributed by atoms with Gasteiger partial charge in [0.05, 0.1) is 5.92 Å². The molecule has 3 aliphatic rings. The molecule has 0 amide bonds. The lowest BCUT2D eigenvalue weighted by Crippen LogP contribution is -2.38. The van der Waals surface area contributed by atoms with Gasteiger partial charge >= 0.3 is 5.97 Å². The number of rotatable bonds is 3. The van der Waals surface area contributed by atoms with Crippen LogP contribution >= 0.6 is 0 Å². The van der Waals surface area contributed by atoms with Crippen molar-refractivity contribution in [3.05, 3.63) is 0 Å². The molecular formula is C15H25NO2. The van der Waals surface area contributed by atoms with E-state index in [9.17, 15) is 9.90 Å². The van der Waals surface area contributed by atoms with Crippen LogP contribution in [0.1, 0.15) is 45.4 Å². The highest BCUT2D eigenvalue weighted by atomic mass is 16.4. The maximum atomic E-state index is 11.2. The standard InChI is InChI=1S/C15H25NO2/c1-10-8-16(9-14(10)15(17)18)13-4-2-3-12(7-13)11-5-6-11/h10-14H,2-9H2,1H3,(H,17,18). The van der Waals surface area contributed by atoms with Crippen LogP contribution in [0.15, 0.2) is 0 Å². The van der Waals surface area contributed by atoms with Crippen molar-refractivity contribution >= 4 is 5.97 Å². The predicted octanol–water partition coefficient (Wildman–Crippen LogP) is 2.61. The number of carboxylic acid groups (broad SMARTS) is 1. The Bertz CT molecular complexity index is 326. The Morgan fingerprint density at radius 3 is 2.50 bits per heavy atom. The first-order valence-electron chi connectivity index (χ1n) is 7.62. The van der Waals surface area contributed by atoms with Crippen LogP contribution in [-0.4, -0.2) is 35.1 Å². The minimum absolute atomic E-state index is 0.133. The van der Waals surface area contributed by atoms with Gasteiger partial charge in [-0.25, -0.2) is 0 Å². The normalized spacial score (nSPS) is 42.1. The molecule has 0 aromatic carbocycles. The van der Waals surface area contributed by atoms with Crippen molar-refractivity contribution in [2.75, 3.05) is 13.1 Å². The number of hydrogen-bond acceptors (Lipinski definition) is 2. The first-order chi connectivity index (χ1) is 8.65. The summed E-state index contributed by atoms with van der Waals surface area (Å²) in [5.74, 6) is 1.56. The van der Waals surface area contributed by atoms with E-state index in [1.165, 1.54) is 38.5 Å². The fourth-order valence-electron chi connectivity index (χ4n) is 4.15. The van der Waals surface area contributed by atoms with Gasteiger partial charge in [-0.3, -0.25) is 9.69 Å². The molecule has 0 radical (unpaired) electrons. The molecule has 1 N–H and O–H groups in total. The molecule has 4 atom stereocenters. The topological polar surface area (TPSA) is 40.5 Å². The highest BCUT2D eigenvalue weighted by Crippen LogP contribution is 2.45. The summed E-state index contributed by atoms with van der Waals surface area (Å²) in [6.45, 7) is 3.89. The SMILES string of the molecule is CC1CN(C2CCCC(C3CC3)C2)CC1C(=O)O. The van der Waals surface area contributed by atoms with E-state index in [4.69, 9.17) is 0 Å². The largest absolute Gasteiger partial charge is 0.481 e. The molecule has 2 aliphatic carbocycles. The molecule has 1 saturated heterocycles. The Hall–Kier alpha value is -0.570. The Balaban J connectivity index is 1.59. The van der Waals surface area contributed by atoms with Crippen molar-refractivity contribution in [3.8, 4) is 0 Å². The van der Waals surface area contributed by atoms with Crippen molar-refractivity contribution < 1.29 is 9.90 Å². The zero-order valence-electron chi connectivity index (χ0n) is 11.3. The predicted molar refractivity (Wildman–Crippen MR) is 70.3 cm³/mol. The Labute approximate surface area is 110 Å². The van der Waals surface area contributed by atoms with Gasteiger partial charge in [0, 0.05) is 19.1 Å². The molecule has 3 heteroatoms. The summed E-state index contributed by atoms with van der Waals surface area (Å²) in [6.07, 6.45) is 8.31. The van der Waals surface area contributed by atoms with E-state index in [0.29, 0.717) is 12.0 Å². The monoisotopic (exact) mass is 251 g/mol. The van der Waals surface area contributed by atoms with Gasteiger partial charge in [0.15, 0.2) is 0 Å². The summed E-state index contributed by atoms with van der Waals surface area (Å²) in [5, 5.41) is 9.22. The highest BCUT2D eigenvalue weighted by Gasteiger charge is 2.41. The van der Waals surface area contributed by atoms with Crippen LogP contribution in [0.5, 0.6) is 0 Å². The molecule has 18 heavy (non-hydrogen) atoms. The van der Waals surface area contributed by atoms with E-state index < -0.39 is 5.97 Å². The van der Waals surface area contributed by atoms with Gasteiger partial charge in [0.2, 0.25) is 0 Å². The average Bonchev–Trinajstić information content (AvgIpc) is 3.12. The fraction of sp³-hybridized carbons (Fsp3) is 0.933. The van der Waals surface area contributed by atoms with Crippen LogP contribution in [0, 0.1) is 23.7 Å². The van der Waals surface area contributed by atoms with Crippen LogP contribution in [-0.2, 0) is 4.79 Å².